The Morgan fingerprint density at radius 3 is 2.69 bits per heavy atom. The monoisotopic (exact) mass is 473 g/mol. The van der Waals surface area contributed by atoms with Gasteiger partial charge in [0.05, 0.1) is 51.0 Å². The van der Waals surface area contributed by atoms with Crippen molar-refractivity contribution in [3.8, 4) is 21.8 Å². The van der Waals surface area contributed by atoms with Crippen molar-refractivity contribution >= 4 is 27.2 Å². The Morgan fingerprint density at radius 1 is 1.25 bits per heavy atom. The highest BCUT2D eigenvalue weighted by Gasteiger charge is 2.63. The standard InChI is InChI=1S/C21H23N5O4S2/c1-12-3-4-14(32(28,29)26-20-8-21(9-20,10-27)30-11-20)5-15(12)16-6-24-19(22)18(25-16)17-7-23-13(2)31-17/h3-7,26-27H,8-11H2,1-2H3,(H2,22,24). The van der Waals surface area contributed by atoms with Crippen molar-refractivity contribution in [1.82, 2.24) is 19.7 Å². The predicted molar refractivity (Wildman–Crippen MR) is 121 cm³/mol. The third kappa shape index (κ3) is 3.50. The molecule has 2 aliphatic heterocycles. The van der Waals surface area contributed by atoms with Crippen molar-refractivity contribution in [1.29, 1.82) is 0 Å². The van der Waals surface area contributed by atoms with Crippen LogP contribution < -0.4 is 10.5 Å². The number of nitrogens with one attached hydrogen (secondary N) is 1. The van der Waals surface area contributed by atoms with E-state index in [1.807, 2.05) is 13.8 Å². The number of aliphatic hydroxyl groups excluding tert-OH is 1. The van der Waals surface area contributed by atoms with Crippen molar-refractivity contribution < 1.29 is 18.3 Å². The van der Waals surface area contributed by atoms with Gasteiger partial charge < -0.3 is 15.6 Å². The first-order chi connectivity index (χ1) is 15.1. The second-order valence-electron chi connectivity index (χ2n) is 8.58. The predicted octanol–water partition coefficient (Wildman–Crippen LogP) is 2.04. The molecule has 4 heterocycles. The lowest BCUT2D eigenvalue weighted by atomic mass is 9.69. The minimum atomic E-state index is -3.81. The Labute approximate surface area is 189 Å². The molecule has 3 fully saturated rings. The van der Waals surface area contributed by atoms with Crippen molar-refractivity contribution in [3.05, 3.63) is 41.2 Å². The molecule has 0 spiro atoms. The van der Waals surface area contributed by atoms with Crippen molar-refractivity contribution in [2.24, 2.45) is 0 Å². The number of aliphatic hydroxyl groups is 1. The summed E-state index contributed by atoms with van der Waals surface area (Å²) in [6.45, 7) is 3.93. The summed E-state index contributed by atoms with van der Waals surface area (Å²) < 4.78 is 34.7. The van der Waals surface area contributed by atoms with Gasteiger partial charge in [0.1, 0.15) is 5.69 Å². The highest BCUT2D eigenvalue weighted by atomic mass is 32.2. The number of anilines is 1. The van der Waals surface area contributed by atoms with E-state index >= 15 is 0 Å². The number of fused-ring (bicyclic) bond motifs is 1. The summed E-state index contributed by atoms with van der Waals surface area (Å²) >= 11 is 1.46. The number of aromatic nitrogens is 3. The van der Waals surface area contributed by atoms with Crippen LogP contribution in [0.2, 0.25) is 0 Å². The molecule has 0 amide bonds. The minimum absolute atomic E-state index is 0.109. The maximum atomic E-state index is 13.2. The van der Waals surface area contributed by atoms with E-state index in [4.69, 9.17) is 10.5 Å². The van der Waals surface area contributed by atoms with Crippen LogP contribution >= 0.6 is 11.3 Å². The summed E-state index contributed by atoms with van der Waals surface area (Å²) in [5, 5.41) is 10.4. The maximum Gasteiger partial charge on any atom is 0.241 e. The number of hydrogen-bond acceptors (Lipinski definition) is 9. The SMILES string of the molecule is Cc1ncc(-c2nc(-c3cc(S(=O)(=O)NC45COC(CO)(C4)C5)ccc3C)cnc2N)s1. The molecular formula is C21H23N5O4S2. The van der Waals surface area contributed by atoms with Gasteiger partial charge in [-0.1, -0.05) is 6.07 Å². The molecule has 3 aliphatic rings. The second-order valence-corrected chi connectivity index (χ2v) is 11.5. The van der Waals surface area contributed by atoms with Gasteiger partial charge in [-0.05, 0) is 31.5 Å². The fraction of sp³-hybridized carbons (Fsp3) is 0.381. The number of aryl methyl sites for hydroxylation is 2. The quantitative estimate of drug-likeness (QED) is 0.494. The lowest BCUT2D eigenvalue weighted by Gasteiger charge is -2.43. The van der Waals surface area contributed by atoms with E-state index in [-0.39, 0.29) is 23.9 Å². The Balaban J connectivity index is 1.48. The molecule has 2 aromatic heterocycles. The van der Waals surface area contributed by atoms with Gasteiger partial charge in [0, 0.05) is 24.6 Å². The second kappa shape index (κ2) is 7.29. The molecule has 1 aliphatic carbocycles. The third-order valence-corrected chi connectivity index (χ3v) is 8.56. The normalized spacial score (nSPS) is 24.5. The molecule has 6 rings (SSSR count). The molecule has 32 heavy (non-hydrogen) atoms. The molecule has 1 saturated carbocycles. The van der Waals surface area contributed by atoms with E-state index < -0.39 is 21.2 Å². The zero-order valence-electron chi connectivity index (χ0n) is 17.6. The summed E-state index contributed by atoms with van der Waals surface area (Å²) in [5.74, 6) is 0.290. The van der Waals surface area contributed by atoms with E-state index in [9.17, 15) is 13.5 Å². The third-order valence-electron chi connectivity index (χ3n) is 6.07. The number of sulfonamides is 1. The summed E-state index contributed by atoms with van der Waals surface area (Å²) in [7, 11) is -3.81. The topological polar surface area (TPSA) is 140 Å². The van der Waals surface area contributed by atoms with E-state index in [1.54, 1.807) is 30.6 Å². The summed E-state index contributed by atoms with van der Waals surface area (Å²) in [4.78, 5) is 14.1. The van der Waals surface area contributed by atoms with Crippen LogP contribution in [0.5, 0.6) is 0 Å². The van der Waals surface area contributed by atoms with Crippen molar-refractivity contribution in [2.45, 2.75) is 42.7 Å². The number of hydrogen-bond donors (Lipinski definition) is 3. The van der Waals surface area contributed by atoms with E-state index in [0.29, 0.717) is 29.8 Å². The first-order valence-electron chi connectivity index (χ1n) is 10.1. The molecule has 3 aromatic rings. The zero-order valence-corrected chi connectivity index (χ0v) is 19.3. The number of nitrogens with zero attached hydrogens (tertiary/aromatic N) is 3. The van der Waals surface area contributed by atoms with E-state index in [2.05, 4.69) is 19.7 Å². The van der Waals surface area contributed by atoms with Crippen molar-refractivity contribution in [2.75, 3.05) is 18.9 Å². The van der Waals surface area contributed by atoms with Gasteiger partial charge in [0.15, 0.2) is 5.82 Å². The van der Waals surface area contributed by atoms with Crippen LogP contribution in [0.15, 0.2) is 35.5 Å². The van der Waals surface area contributed by atoms with Gasteiger partial charge in [-0.3, -0.25) is 0 Å². The van der Waals surface area contributed by atoms with Gasteiger partial charge in [-0.2, -0.15) is 0 Å². The number of ether oxygens (including phenoxy) is 1. The van der Waals surface area contributed by atoms with Gasteiger partial charge >= 0.3 is 0 Å². The minimum Gasteiger partial charge on any atom is -0.393 e. The fourth-order valence-electron chi connectivity index (χ4n) is 4.50. The highest BCUT2D eigenvalue weighted by Crippen LogP contribution is 2.51. The van der Waals surface area contributed by atoms with Crippen LogP contribution in [-0.4, -0.2) is 52.8 Å². The van der Waals surface area contributed by atoms with E-state index in [1.165, 1.54) is 11.3 Å². The molecule has 2 saturated heterocycles. The first kappa shape index (κ1) is 21.4. The van der Waals surface area contributed by atoms with E-state index in [0.717, 1.165) is 15.4 Å². The van der Waals surface area contributed by atoms with Crippen LogP contribution in [-0.2, 0) is 14.8 Å². The molecule has 11 heteroatoms. The lowest BCUT2D eigenvalue weighted by Crippen LogP contribution is -2.60. The average molecular weight is 474 g/mol. The zero-order chi connectivity index (χ0) is 22.7. The van der Waals surface area contributed by atoms with Crippen LogP contribution in [0.1, 0.15) is 23.4 Å². The highest BCUT2D eigenvalue weighted by molar-refractivity contribution is 7.89. The van der Waals surface area contributed by atoms with Crippen LogP contribution in [0.25, 0.3) is 21.8 Å². The smallest absolute Gasteiger partial charge is 0.241 e. The molecular weight excluding hydrogens is 450 g/mol. The van der Waals surface area contributed by atoms with Gasteiger partial charge in [0.25, 0.3) is 0 Å². The number of thiazole rings is 1. The molecule has 0 radical (unpaired) electrons. The molecule has 0 unspecified atom stereocenters. The lowest BCUT2D eigenvalue weighted by molar-refractivity contribution is -0.0482. The van der Waals surface area contributed by atoms with Crippen LogP contribution in [0.4, 0.5) is 5.82 Å². The Hall–Kier alpha value is -2.44. The average Bonchev–Trinajstić information content (AvgIpc) is 3.41. The first-order valence-corrected chi connectivity index (χ1v) is 12.4. The number of nitrogen functional groups attached to an aromatic ring is 1. The summed E-state index contributed by atoms with van der Waals surface area (Å²) in [5.41, 5.74) is 7.35. The molecule has 2 bridgehead atoms. The van der Waals surface area contributed by atoms with Gasteiger partial charge in [0.2, 0.25) is 10.0 Å². The number of rotatable bonds is 6. The van der Waals surface area contributed by atoms with Gasteiger partial charge in [-0.25, -0.2) is 28.1 Å². The fourth-order valence-corrected chi connectivity index (χ4v) is 6.69. The molecule has 1 aromatic carbocycles. The Bertz CT molecular complexity index is 1320. The molecule has 9 nitrogen and oxygen atoms in total. The van der Waals surface area contributed by atoms with Crippen LogP contribution in [0, 0.1) is 13.8 Å². The maximum absolute atomic E-state index is 13.2. The Morgan fingerprint density at radius 2 is 2.03 bits per heavy atom. The number of benzene rings is 1. The van der Waals surface area contributed by atoms with Crippen LogP contribution in [0.3, 0.4) is 0 Å². The molecule has 168 valence electrons. The van der Waals surface area contributed by atoms with Gasteiger partial charge in [-0.15, -0.1) is 11.3 Å². The number of nitrogens with two attached hydrogens (primary N) is 1. The van der Waals surface area contributed by atoms with Crippen molar-refractivity contribution in [3.63, 3.8) is 0 Å². The molecule has 0 atom stereocenters. The largest absolute Gasteiger partial charge is 0.393 e. The Kier molecular flexibility index (Phi) is 4.88. The summed E-state index contributed by atoms with van der Waals surface area (Å²) in [6, 6.07) is 4.92. The molecule has 4 N–H and O–H groups in total. The summed E-state index contributed by atoms with van der Waals surface area (Å²) in [6.07, 6.45) is 4.19.